The highest BCUT2D eigenvalue weighted by atomic mass is 32.1. The molecule has 0 atom stereocenters. The van der Waals surface area contributed by atoms with Crippen molar-refractivity contribution in [2.45, 2.75) is 54.1 Å². The Hall–Kier alpha value is -3.66. The summed E-state index contributed by atoms with van der Waals surface area (Å²) in [7, 11) is 0. The maximum atomic E-state index is 13.1. The lowest BCUT2D eigenvalue weighted by Gasteiger charge is -2.24. The molecule has 0 spiro atoms. The van der Waals surface area contributed by atoms with Crippen molar-refractivity contribution in [2.24, 2.45) is 5.73 Å². The van der Waals surface area contributed by atoms with Crippen LogP contribution in [-0.2, 0) is 4.74 Å². The number of thiazole rings is 1. The summed E-state index contributed by atoms with van der Waals surface area (Å²) in [5.41, 5.74) is 10.1. The maximum Gasteiger partial charge on any atom is 0.412 e. The number of carbonyl (C=O) groups is 3. The Balaban J connectivity index is 1.88. The number of nitrogens with zero attached hydrogens (tertiary/aromatic N) is 1. The van der Waals surface area contributed by atoms with Crippen LogP contribution in [0.2, 0.25) is 0 Å². The molecule has 1 heterocycles. The average molecular weight is 485 g/mol. The molecule has 3 rings (SSSR count). The smallest absolute Gasteiger partial charge is 0.412 e. The molecule has 0 radical (unpaired) electrons. The van der Waals surface area contributed by atoms with E-state index >= 15 is 0 Å². The summed E-state index contributed by atoms with van der Waals surface area (Å²) in [5.74, 6) is -0.300. The topological polar surface area (TPSA) is 133 Å². The van der Waals surface area contributed by atoms with Gasteiger partial charge in [-0.15, -0.1) is 0 Å². The van der Waals surface area contributed by atoms with Gasteiger partial charge in [0, 0.05) is 11.3 Å². The molecule has 3 aromatic rings. The molecular formula is C24H28N4O5S. The van der Waals surface area contributed by atoms with Gasteiger partial charge in [0.25, 0.3) is 11.1 Å². The second-order valence-corrected chi connectivity index (χ2v) is 9.91. The Kier molecular flexibility index (Phi) is 6.83. The zero-order chi connectivity index (χ0) is 25.4. The summed E-state index contributed by atoms with van der Waals surface area (Å²) in [5, 5.41) is 5.95. The molecule has 0 unspecified atom stereocenters. The molecule has 1 aromatic heterocycles. The highest BCUT2D eigenvalue weighted by Gasteiger charge is 2.22. The first-order chi connectivity index (χ1) is 15.8. The van der Waals surface area contributed by atoms with Crippen molar-refractivity contribution < 1.29 is 23.9 Å². The van der Waals surface area contributed by atoms with Crippen LogP contribution in [0, 0.1) is 27.7 Å². The van der Waals surface area contributed by atoms with Crippen LogP contribution >= 0.6 is 11.3 Å². The Morgan fingerprint density at radius 3 is 2.03 bits per heavy atom. The largest absolute Gasteiger partial charge is 0.444 e. The molecule has 10 heteroatoms. The van der Waals surface area contributed by atoms with E-state index in [9.17, 15) is 14.4 Å². The first-order valence-electron chi connectivity index (χ1n) is 10.6. The SMILES string of the molecule is Cc1c(C)c(NC(=O)c2ccc3nc(OC(N)=O)sc3c2)c(C)c(C)c1NC(=O)OC(C)(C)C. The maximum absolute atomic E-state index is 13.1. The lowest BCUT2D eigenvalue weighted by molar-refractivity contribution is 0.0635. The van der Waals surface area contributed by atoms with Crippen molar-refractivity contribution in [2.75, 3.05) is 10.6 Å². The fraction of sp³-hybridized carbons (Fsp3) is 0.333. The monoisotopic (exact) mass is 484 g/mol. The van der Waals surface area contributed by atoms with Crippen LogP contribution < -0.4 is 21.1 Å². The van der Waals surface area contributed by atoms with Gasteiger partial charge in [-0.3, -0.25) is 10.1 Å². The van der Waals surface area contributed by atoms with Gasteiger partial charge in [-0.2, -0.15) is 0 Å². The van der Waals surface area contributed by atoms with Crippen molar-refractivity contribution in [3.05, 3.63) is 46.0 Å². The predicted molar refractivity (Wildman–Crippen MR) is 133 cm³/mol. The number of primary amides is 1. The first-order valence-corrected chi connectivity index (χ1v) is 11.4. The molecule has 2 aromatic carbocycles. The summed E-state index contributed by atoms with van der Waals surface area (Å²) < 4.78 is 10.9. The second kappa shape index (κ2) is 9.30. The summed E-state index contributed by atoms with van der Waals surface area (Å²) in [6.45, 7) is 12.9. The van der Waals surface area contributed by atoms with Crippen molar-refractivity contribution in [1.82, 2.24) is 4.98 Å². The van der Waals surface area contributed by atoms with Gasteiger partial charge in [0.15, 0.2) is 0 Å². The fourth-order valence-corrected chi connectivity index (χ4v) is 4.31. The van der Waals surface area contributed by atoms with Crippen LogP contribution in [-0.4, -0.2) is 28.7 Å². The molecular weight excluding hydrogens is 456 g/mol. The third-order valence-corrected chi connectivity index (χ3v) is 6.20. The van der Waals surface area contributed by atoms with Crippen LogP contribution in [0.25, 0.3) is 10.2 Å². The summed E-state index contributed by atoms with van der Waals surface area (Å²) in [4.78, 5) is 40.5. The van der Waals surface area contributed by atoms with Gasteiger partial charge in [0.05, 0.1) is 15.9 Å². The first kappa shape index (κ1) is 25.0. The summed E-state index contributed by atoms with van der Waals surface area (Å²) >= 11 is 1.12. The lowest BCUT2D eigenvalue weighted by atomic mass is 9.95. The molecule has 9 nitrogen and oxygen atoms in total. The molecule has 0 aliphatic rings. The quantitative estimate of drug-likeness (QED) is 0.442. The van der Waals surface area contributed by atoms with Gasteiger partial charge < -0.3 is 20.5 Å². The normalized spacial score (nSPS) is 11.3. The van der Waals surface area contributed by atoms with E-state index in [0.717, 1.165) is 33.6 Å². The van der Waals surface area contributed by atoms with Crippen molar-refractivity contribution in [3.63, 3.8) is 0 Å². The number of nitrogens with two attached hydrogens (primary N) is 1. The van der Waals surface area contributed by atoms with E-state index in [0.29, 0.717) is 27.2 Å². The zero-order valence-corrected chi connectivity index (χ0v) is 21.0. The van der Waals surface area contributed by atoms with E-state index in [1.807, 2.05) is 27.7 Å². The van der Waals surface area contributed by atoms with Crippen LogP contribution in [0.1, 0.15) is 53.4 Å². The Bertz CT molecular complexity index is 1280. The number of nitrogens with one attached hydrogen (secondary N) is 2. The van der Waals surface area contributed by atoms with Gasteiger partial charge in [0.1, 0.15) is 5.60 Å². The summed E-state index contributed by atoms with van der Waals surface area (Å²) in [6, 6.07) is 5.01. The number of hydrogen-bond acceptors (Lipinski definition) is 7. The van der Waals surface area contributed by atoms with Crippen molar-refractivity contribution in [1.29, 1.82) is 0 Å². The number of aromatic nitrogens is 1. The molecule has 0 saturated carbocycles. The minimum atomic E-state index is -0.946. The molecule has 4 N–H and O–H groups in total. The Morgan fingerprint density at radius 2 is 1.50 bits per heavy atom. The third-order valence-electron chi connectivity index (χ3n) is 5.31. The van der Waals surface area contributed by atoms with Crippen LogP contribution in [0.15, 0.2) is 18.2 Å². The Labute approximate surface area is 201 Å². The second-order valence-electron chi connectivity index (χ2n) is 8.91. The van der Waals surface area contributed by atoms with Crippen LogP contribution in [0.3, 0.4) is 0 Å². The number of hydrogen-bond donors (Lipinski definition) is 3. The predicted octanol–water partition coefficient (Wildman–Crippen LogP) is 5.59. The van der Waals surface area contributed by atoms with Gasteiger partial charge >= 0.3 is 12.2 Å². The number of amides is 3. The minimum Gasteiger partial charge on any atom is -0.444 e. The minimum absolute atomic E-state index is 0.117. The number of anilines is 2. The fourth-order valence-electron chi connectivity index (χ4n) is 3.45. The molecule has 0 bridgehead atoms. The molecule has 0 aliphatic heterocycles. The van der Waals surface area contributed by atoms with Crippen molar-refractivity contribution >= 4 is 51.0 Å². The van der Waals surface area contributed by atoms with Gasteiger partial charge in [-0.1, -0.05) is 11.3 Å². The van der Waals surface area contributed by atoms with Gasteiger partial charge in [0.2, 0.25) is 0 Å². The highest BCUT2D eigenvalue weighted by molar-refractivity contribution is 7.20. The van der Waals surface area contributed by atoms with E-state index in [1.54, 1.807) is 39.0 Å². The number of ether oxygens (including phenoxy) is 2. The number of benzene rings is 2. The number of rotatable bonds is 4. The summed E-state index contributed by atoms with van der Waals surface area (Å²) in [6.07, 6.45) is -1.48. The van der Waals surface area contributed by atoms with E-state index in [4.69, 9.17) is 15.2 Å². The lowest BCUT2D eigenvalue weighted by Crippen LogP contribution is -2.28. The van der Waals surface area contributed by atoms with Crippen molar-refractivity contribution in [3.8, 4) is 5.19 Å². The van der Waals surface area contributed by atoms with Crippen LogP contribution in [0.5, 0.6) is 5.19 Å². The van der Waals surface area contributed by atoms with Crippen LogP contribution in [0.4, 0.5) is 21.0 Å². The molecule has 0 aliphatic carbocycles. The van der Waals surface area contributed by atoms with E-state index in [-0.39, 0.29) is 11.1 Å². The van der Waals surface area contributed by atoms with Gasteiger partial charge in [-0.25, -0.2) is 14.6 Å². The Morgan fingerprint density at radius 1 is 0.941 bits per heavy atom. The number of fused-ring (bicyclic) bond motifs is 1. The molecule has 3 amide bonds. The average Bonchev–Trinajstić information content (AvgIpc) is 3.12. The molecule has 0 saturated heterocycles. The van der Waals surface area contributed by atoms with E-state index < -0.39 is 17.8 Å². The van der Waals surface area contributed by atoms with Gasteiger partial charge in [-0.05, 0) is 88.9 Å². The highest BCUT2D eigenvalue weighted by Crippen LogP contribution is 2.35. The standard InChI is InChI=1S/C24H28N4O5S/c1-11-13(3)19(28-22(31)33-24(5,6)7)14(4)12(2)18(11)27-20(29)15-8-9-16-17(10-15)34-23(26-16)32-21(25)30/h8-10H,1-7H3,(H2,25,30)(H,27,29)(H,28,31). The van der Waals surface area contributed by atoms with E-state index in [1.165, 1.54) is 0 Å². The molecule has 180 valence electrons. The number of carbonyl (C=O) groups excluding carboxylic acids is 3. The molecule has 34 heavy (non-hydrogen) atoms. The van der Waals surface area contributed by atoms with E-state index in [2.05, 4.69) is 15.6 Å². The third kappa shape index (κ3) is 5.45. The zero-order valence-electron chi connectivity index (χ0n) is 20.2. The molecule has 0 fully saturated rings.